The lowest BCUT2D eigenvalue weighted by molar-refractivity contribution is -0.121. The summed E-state index contributed by atoms with van der Waals surface area (Å²) >= 11 is 0. The predicted octanol–water partition coefficient (Wildman–Crippen LogP) is 1.02. The van der Waals surface area contributed by atoms with E-state index in [-0.39, 0.29) is 18.4 Å². The van der Waals surface area contributed by atoms with Crippen molar-refractivity contribution in [3.05, 3.63) is 53.2 Å². The van der Waals surface area contributed by atoms with Gasteiger partial charge in [0.1, 0.15) is 12.2 Å². The van der Waals surface area contributed by atoms with E-state index < -0.39 is 0 Å². The Bertz CT molecular complexity index is 977. The minimum Gasteiger partial charge on any atom is -0.379 e. The molecule has 4 rings (SSSR count). The molecular formula is C22H23N5O3. The smallest absolute Gasteiger partial charge is 0.273 e. The molecule has 1 fully saturated rings. The number of aromatic nitrogens is 1. The molecule has 2 aliphatic rings. The van der Waals surface area contributed by atoms with Crippen LogP contribution in [0.15, 0.2) is 36.4 Å². The molecule has 1 N–H and O–H groups in total. The maximum absolute atomic E-state index is 12.8. The molecule has 0 unspecified atom stereocenters. The van der Waals surface area contributed by atoms with Crippen molar-refractivity contribution < 1.29 is 14.3 Å². The summed E-state index contributed by atoms with van der Waals surface area (Å²) in [5, 5.41) is 11.8. The Kier molecular flexibility index (Phi) is 6.02. The largest absolute Gasteiger partial charge is 0.379 e. The number of amides is 2. The maximum atomic E-state index is 12.8. The summed E-state index contributed by atoms with van der Waals surface area (Å²) in [6.07, 6.45) is 0. The molecule has 154 valence electrons. The number of benzene rings is 1. The van der Waals surface area contributed by atoms with Crippen molar-refractivity contribution in [2.24, 2.45) is 0 Å². The second-order valence-corrected chi connectivity index (χ2v) is 7.36. The van der Waals surface area contributed by atoms with Crippen LogP contribution in [0, 0.1) is 11.3 Å². The number of nitrogens with one attached hydrogen (secondary N) is 1. The Morgan fingerprint density at radius 3 is 2.67 bits per heavy atom. The van der Waals surface area contributed by atoms with Crippen LogP contribution >= 0.6 is 0 Å². The molecule has 1 aromatic carbocycles. The van der Waals surface area contributed by atoms with Crippen molar-refractivity contribution in [3.63, 3.8) is 0 Å². The predicted molar refractivity (Wildman–Crippen MR) is 109 cm³/mol. The Labute approximate surface area is 175 Å². The van der Waals surface area contributed by atoms with Crippen LogP contribution in [0.4, 0.5) is 0 Å². The van der Waals surface area contributed by atoms with Crippen molar-refractivity contribution in [3.8, 4) is 17.3 Å². The number of fused-ring (bicyclic) bond motifs is 1. The Morgan fingerprint density at radius 1 is 1.17 bits per heavy atom. The number of rotatable bonds is 6. The minimum absolute atomic E-state index is 0.0184. The number of hydrogen-bond acceptors (Lipinski definition) is 6. The van der Waals surface area contributed by atoms with Crippen LogP contribution in [0.2, 0.25) is 0 Å². The fourth-order valence-electron chi connectivity index (χ4n) is 3.64. The zero-order valence-electron chi connectivity index (χ0n) is 16.6. The molecule has 30 heavy (non-hydrogen) atoms. The lowest BCUT2D eigenvalue weighted by Gasteiger charge is -2.26. The molecule has 0 bridgehead atoms. The van der Waals surface area contributed by atoms with E-state index in [0.717, 1.165) is 44.0 Å². The molecule has 8 heteroatoms. The summed E-state index contributed by atoms with van der Waals surface area (Å²) in [5.41, 5.74) is 3.28. The highest BCUT2D eigenvalue weighted by molar-refractivity contribution is 5.99. The summed E-state index contributed by atoms with van der Waals surface area (Å²) < 4.78 is 5.31. The lowest BCUT2D eigenvalue weighted by Crippen LogP contribution is -2.43. The molecule has 0 saturated carbocycles. The van der Waals surface area contributed by atoms with Gasteiger partial charge in [0, 0.05) is 43.9 Å². The van der Waals surface area contributed by atoms with Gasteiger partial charge in [-0.05, 0) is 18.2 Å². The monoisotopic (exact) mass is 405 g/mol. The molecular weight excluding hydrogens is 382 g/mol. The van der Waals surface area contributed by atoms with Crippen LogP contribution < -0.4 is 5.32 Å². The third kappa shape index (κ3) is 4.48. The van der Waals surface area contributed by atoms with Crippen LogP contribution in [0.1, 0.15) is 21.6 Å². The second kappa shape index (κ2) is 9.03. The van der Waals surface area contributed by atoms with Gasteiger partial charge in [0.2, 0.25) is 5.91 Å². The van der Waals surface area contributed by atoms with E-state index in [4.69, 9.17) is 10.00 Å². The van der Waals surface area contributed by atoms with Crippen LogP contribution in [0.3, 0.4) is 0 Å². The number of nitriles is 1. The van der Waals surface area contributed by atoms with E-state index >= 15 is 0 Å². The molecule has 0 radical (unpaired) electrons. The van der Waals surface area contributed by atoms with Crippen LogP contribution in [0.5, 0.6) is 0 Å². The summed E-state index contributed by atoms with van der Waals surface area (Å²) in [6.45, 7) is 4.94. The van der Waals surface area contributed by atoms with Gasteiger partial charge < -0.3 is 15.0 Å². The van der Waals surface area contributed by atoms with Gasteiger partial charge in [0.25, 0.3) is 5.91 Å². The molecule has 2 amide bonds. The standard InChI is InChI=1S/C22H23N5O3/c23-13-16-1-3-17(4-2-16)19-6-5-18-14-27(22(29)21(18)25-19)15-20(28)24-7-8-26-9-11-30-12-10-26/h1-6H,7-12,14-15H2,(H,24,28). The van der Waals surface area contributed by atoms with Gasteiger partial charge in [-0.15, -0.1) is 0 Å². The van der Waals surface area contributed by atoms with Crippen LogP contribution in [-0.2, 0) is 16.1 Å². The van der Waals surface area contributed by atoms with E-state index in [1.807, 2.05) is 24.3 Å². The van der Waals surface area contributed by atoms with Crippen molar-refractivity contribution in [2.45, 2.75) is 6.54 Å². The van der Waals surface area contributed by atoms with E-state index in [1.54, 1.807) is 12.1 Å². The Hall–Kier alpha value is -3.28. The van der Waals surface area contributed by atoms with E-state index in [0.29, 0.717) is 30.0 Å². The fraction of sp³-hybridized carbons (Fsp3) is 0.364. The summed E-state index contributed by atoms with van der Waals surface area (Å²) in [4.78, 5) is 33.3. The number of nitrogens with zero attached hydrogens (tertiary/aromatic N) is 4. The molecule has 8 nitrogen and oxygen atoms in total. The van der Waals surface area contributed by atoms with Crippen LogP contribution in [0.25, 0.3) is 11.3 Å². The fourth-order valence-corrected chi connectivity index (χ4v) is 3.64. The average Bonchev–Trinajstić information content (AvgIpc) is 3.09. The quantitative estimate of drug-likeness (QED) is 0.771. The van der Waals surface area contributed by atoms with E-state index in [1.165, 1.54) is 4.90 Å². The molecule has 2 aromatic rings. The molecule has 2 aliphatic heterocycles. The second-order valence-electron chi connectivity index (χ2n) is 7.36. The van der Waals surface area contributed by atoms with Gasteiger partial charge in [-0.3, -0.25) is 14.5 Å². The van der Waals surface area contributed by atoms with Crippen molar-refractivity contribution in [1.82, 2.24) is 20.1 Å². The molecule has 0 spiro atoms. The number of ether oxygens (including phenoxy) is 1. The summed E-state index contributed by atoms with van der Waals surface area (Å²) in [5.74, 6) is -0.402. The zero-order chi connectivity index (χ0) is 20.9. The number of carbonyl (C=O) groups excluding carboxylic acids is 2. The third-order valence-electron chi connectivity index (χ3n) is 5.33. The van der Waals surface area contributed by atoms with E-state index in [2.05, 4.69) is 21.3 Å². The highest BCUT2D eigenvalue weighted by Crippen LogP contribution is 2.25. The summed E-state index contributed by atoms with van der Waals surface area (Å²) in [7, 11) is 0. The molecule has 1 saturated heterocycles. The number of hydrogen-bond donors (Lipinski definition) is 1. The van der Waals surface area contributed by atoms with Crippen molar-refractivity contribution >= 4 is 11.8 Å². The number of morpholine rings is 1. The van der Waals surface area contributed by atoms with E-state index in [9.17, 15) is 9.59 Å². The first-order chi connectivity index (χ1) is 14.6. The first-order valence-corrected chi connectivity index (χ1v) is 10.0. The minimum atomic E-state index is -0.233. The SMILES string of the molecule is N#Cc1ccc(-c2ccc3c(n2)C(=O)N(CC(=O)NCCN2CCOCC2)C3)cc1. The number of carbonyl (C=O) groups is 2. The van der Waals surface area contributed by atoms with Gasteiger partial charge >= 0.3 is 0 Å². The Balaban J connectivity index is 1.34. The van der Waals surface area contributed by atoms with Crippen molar-refractivity contribution in [2.75, 3.05) is 45.9 Å². The normalized spacial score (nSPS) is 16.2. The number of pyridine rings is 1. The first-order valence-electron chi connectivity index (χ1n) is 10.0. The molecule has 3 heterocycles. The maximum Gasteiger partial charge on any atom is 0.273 e. The molecule has 0 aliphatic carbocycles. The van der Waals surface area contributed by atoms with Gasteiger partial charge in [-0.25, -0.2) is 4.98 Å². The van der Waals surface area contributed by atoms with Crippen LogP contribution in [-0.4, -0.2) is 72.5 Å². The zero-order valence-corrected chi connectivity index (χ0v) is 16.6. The van der Waals surface area contributed by atoms with Gasteiger partial charge in [0.05, 0.1) is 30.5 Å². The van der Waals surface area contributed by atoms with Gasteiger partial charge in [0.15, 0.2) is 0 Å². The average molecular weight is 405 g/mol. The lowest BCUT2D eigenvalue weighted by atomic mass is 10.1. The molecule has 1 aromatic heterocycles. The third-order valence-corrected chi connectivity index (χ3v) is 5.33. The van der Waals surface area contributed by atoms with Crippen molar-refractivity contribution in [1.29, 1.82) is 5.26 Å². The Morgan fingerprint density at radius 2 is 1.93 bits per heavy atom. The highest BCUT2D eigenvalue weighted by Gasteiger charge is 2.30. The van der Waals surface area contributed by atoms with Gasteiger partial charge in [-0.1, -0.05) is 18.2 Å². The first kappa shape index (κ1) is 20.0. The summed E-state index contributed by atoms with van der Waals surface area (Å²) in [6, 6.07) is 12.9. The topological polar surface area (TPSA) is 98.6 Å². The molecule has 0 atom stereocenters. The highest BCUT2D eigenvalue weighted by atomic mass is 16.5. The van der Waals surface area contributed by atoms with Gasteiger partial charge in [-0.2, -0.15) is 5.26 Å².